The lowest BCUT2D eigenvalue weighted by atomic mass is 9.82. The lowest BCUT2D eigenvalue weighted by molar-refractivity contribution is 0.399. The second-order valence-corrected chi connectivity index (χ2v) is 29.2. The Bertz CT molecular complexity index is 1660. The van der Waals surface area contributed by atoms with Crippen LogP contribution in [-0.4, -0.2) is 31.1 Å². The van der Waals surface area contributed by atoms with Crippen molar-refractivity contribution in [1.29, 1.82) is 5.26 Å². The van der Waals surface area contributed by atoms with Crippen LogP contribution in [0.5, 0.6) is 0 Å². The fourth-order valence-corrected chi connectivity index (χ4v) is 12.4. The van der Waals surface area contributed by atoms with E-state index in [4.69, 9.17) is 43.9 Å². The predicted molar refractivity (Wildman–Crippen MR) is 418 cm³/mol. The number of allylic oxidation sites excluding steroid dienone is 7. The van der Waals surface area contributed by atoms with Gasteiger partial charge in [0.15, 0.2) is 0 Å². The Balaban J connectivity index is -0.00000169. The Morgan fingerprint density at radius 3 is 0.967 bits per heavy atom. The maximum Gasteiger partial charge on any atom is 0.0587 e. The van der Waals surface area contributed by atoms with E-state index in [2.05, 4.69) is 93.8 Å². The molecule has 0 amide bonds. The summed E-state index contributed by atoms with van der Waals surface area (Å²) in [5.74, 6) is 2.76. The molecule has 3 nitrogen and oxygen atoms in total. The molecule has 0 aromatic heterocycles. The summed E-state index contributed by atoms with van der Waals surface area (Å²) in [5.41, 5.74) is 15.8. The molecule has 0 aromatic rings. The van der Waals surface area contributed by atoms with E-state index in [1.54, 1.807) is 17.2 Å². The summed E-state index contributed by atoms with van der Waals surface area (Å²) in [6.45, 7) is 63.1. The van der Waals surface area contributed by atoms with Crippen LogP contribution in [0.4, 0.5) is 0 Å². The van der Waals surface area contributed by atoms with Gasteiger partial charge in [-0.05, 0) is 232 Å². The molecule has 0 spiro atoms. The van der Waals surface area contributed by atoms with E-state index in [1.807, 2.05) is 20.8 Å². The summed E-state index contributed by atoms with van der Waals surface area (Å²) >= 11 is 0. The normalized spacial score (nSPS) is 12.3. The molecule has 0 aliphatic carbocycles. The van der Waals surface area contributed by atoms with Gasteiger partial charge in [0, 0.05) is 12.5 Å². The number of hydrogen-bond donors (Lipinski definition) is 1. The summed E-state index contributed by atoms with van der Waals surface area (Å²) in [6, 6.07) is 1.75. The summed E-state index contributed by atoms with van der Waals surface area (Å²) in [7, 11) is 4.32. The number of unbranched alkanes of at least 4 members (excludes halogenated alkanes) is 22. The summed E-state index contributed by atoms with van der Waals surface area (Å²) in [6.07, 6.45) is 66.4. The maximum atomic E-state index is 7.32. The van der Waals surface area contributed by atoms with Crippen molar-refractivity contribution in [2.45, 2.75) is 409 Å². The summed E-state index contributed by atoms with van der Waals surface area (Å²) in [5, 5.41) is 7.32. The molecule has 0 fully saturated rings. The van der Waals surface area contributed by atoms with Crippen LogP contribution in [0.2, 0.25) is 0 Å². The number of hydrogen-bond acceptors (Lipinski definition) is 3. The first kappa shape index (κ1) is 96.0. The smallest absolute Gasteiger partial charge is 0.0587 e. The maximum absolute atomic E-state index is 7.32. The molecule has 0 saturated heterocycles. The molecule has 0 saturated carbocycles. The van der Waals surface area contributed by atoms with Gasteiger partial charge in [0.05, 0.1) is 6.07 Å². The number of nitrogens with two attached hydrogens (primary N) is 1. The van der Waals surface area contributed by atoms with E-state index in [9.17, 15) is 0 Å². The topological polar surface area (TPSA) is 53.0 Å². The van der Waals surface area contributed by atoms with Gasteiger partial charge in [-0.1, -0.05) is 294 Å². The van der Waals surface area contributed by atoms with Gasteiger partial charge in [0.2, 0.25) is 0 Å². The van der Waals surface area contributed by atoms with E-state index < -0.39 is 0 Å². The van der Waals surface area contributed by atoms with Crippen molar-refractivity contribution in [2.75, 3.05) is 20.6 Å². The third-order valence-corrected chi connectivity index (χ3v) is 18.0. The highest BCUT2D eigenvalue weighted by molar-refractivity contribution is 5.06. The third-order valence-electron chi connectivity index (χ3n) is 18.0. The largest absolute Gasteiger partial charge is 0.326 e. The molecule has 4 unspecified atom stereocenters. The fraction of sp³-hybridized carbons (Fsp3) is 0.805. The van der Waals surface area contributed by atoms with Crippen molar-refractivity contribution < 1.29 is 0 Å². The molecule has 0 aliphatic rings. The van der Waals surface area contributed by atoms with Crippen molar-refractivity contribution >= 4 is 0 Å². The molecule has 90 heavy (non-hydrogen) atoms. The van der Waals surface area contributed by atoms with Crippen LogP contribution in [0.15, 0.2) is 98.2 Å². The Morgan fingerprint density at radius 1 is 0.356 bits per heavy atom. The van der Waals surface area contributed by atoms with Crippen LogP contribution < -0.4 is 5.73 Å². The first-order valence-electron chi connectivity index (χ1n) is 39.1. The molecular formula is C87H167N3. The fourth-order valence-electron chi connectivity index (χ4n) is 12.4. The van der Waals surface area contributed by atoms with Gasteiger partial charge in [-0.2, -0.15) is 5.26 Å². The van der Waals surface area contributed by atoms with E-state index in [0.717, 1.165) is 31.2 Å². The average Bonchev–Trinajstić information content (AvgIpc) is 3.17. The predicted octanol–water partition coefficient (Wildman–Crippen LogP) is 30.0. The zero-order chi connectivity index (χ0) is 68.9. The van der Waals surface area contributed by atoms with Crippen LogP contribution in [0.25, 0.3) is 0 Å². The van der Waals surface area contributed by atoms with Crippen LogP contribution >= 0.6 is 0 Å². The van der Waals surface area contributed by atoms with Gasteiger partial charge >= 0.3 is 0 Å². The van der Waals surface area contributed by atoms with Gasteiger partial charge < -0.3 is 10.6 Å². The lowest BCUT2D eigenvalue weighted by Crippen LogP contribution is -2.26. The van der Waals surface area contributed by atoms with E-state index in [-0.39, 0.29) is 5.54 Å². The Kier molecular flexibility index (Phi) is 78.7. The second kappa shape index (κ2) is 73.7. The van der Waals surface area contributed by atoms with E-state index in [1.165, 1.54) is 349 Å². The second-order valence-electron chi connectivity index (χ2n) is 29.2. The van der Waals surface area contributed by atoms with Crippen molar-refractivity contribution in [3.05, 3.63) is 98.2 Å². The average molecular weight is 1260 g/mol. The molecule has 0 heterocycles. The zero-order valence-corrected chi connectivity index (χ0v) is 64.4. The van der Waals surface area contributed by atoms with E-state index in [0.29, 0.717) is 11.8 Å². The van der Waals surface area contributed by atoms with Crippen LogP contribution in [0.3, 0.4) is 0 Å². The van der Waals surface area contributed by atoms with E-state index >= 15 is 0 Å². The Labute approximate surface area is 570 Å². The van der Waals surface area contributed by atoms with Crippen molar-refractivity contribution in [1.82, 2.24) is 4.90 Å². The molecular weight excluding hydrogens is 1090 g/mol. The zero-order valence-electron chi connectivity index (χ0n) is 64.4. The Morgan fingerprint density at radius 2 is 0.611 bits per heavy atom. The SMILES string of the molecule is C=C.C=C(CCCCCC(=C)CCC(CCC)C(=C)CCC(CCC(=C)CCCCCC(=C)C(CCCCCC)CCCCCCCC)CC(=C)CCCCCC(=C)C(CCCCCC)CCCCCCCC)CCCN(C)C.CC#N.CC(C)(C)N.CCC. The van der Waals surface area contributed by atoms with Gasteiger partial charge in [0.1, 0.15) is 0 Å². The van der Waals surface area contributed by atoms with Crippen molar-refractivity contribution in [2.24, 2.45) is 29.4 Å². The van der Waals surface area contributed by atoms with Gasteiger partial charge in [-0.3, -0.25) is 0 Å². The highest BCUT2D eigenvalue weighted by Gasteiger charge is 2.19. The number of nitriles is 1. The first-order chi connectivity index (χ1) is 43.1. The minimum absolute atomic E-state index is 0. The van der Waals surface area contributed by atoms with Crippen LogP contribution in [-0.2, 0) is 0 Å². The molecule has 0 radical (unpaired) electrons. The number of nitrogens with zero attached hydrogens (tertiary/aromatic N) is 2. The van der Waals surface area contributed by atoms with Crippen LogP contribution in [0.1, 0.15) is 404 Å². The minimum Gasteiger partial charge on any atom is -0.326 e. The number of rotatable bonds is 62. The Hall–Kier alpha value is -2.67. The standard InChI is InChI=1S/C76H141N.C4H11N.C3H8.C2H3N.C2H4/c1-15-20-24-28-30-43-56-75(54-41-26-22-17-3)70(10)52-39-33-37-48-67(7)58-61-73(62-60-72(12)74(46-19-5)63-59-68(8)49-36-32-35-47-66(6)51-45-64-77(13)14)65-69(9)50-38-34-40-53-71(11)76(55-42-27-23-18-4)57-44-31-29-25-21-16-2;1-4(2,3)5;1-3-2;1-2-3;1-2/h73-76H,6-12,15-65H2,1-5,13-14H3;5H2,1-3H3;3H2,1-2H3;1H3;1-2H2. The molecule has 0 aliphatic heterocycles. The first-order valence-corrected chi connectivity index (χ1v) is 39.1. The monoisotopic (exact) mass is 1250 g/mol. The van der Waals surface area contributed by atoms with Gasteiger partial charge in [0.25, 0.3) is 0 Å². The van der Waals surface area contributed by atoms with Crippen LogP contribution in [0, 0.1) is 35.0 Å². The highest BCUT2D eigenvalue weighted by Crippen LogP contribution is 2.34. The van der Waals surface area contributed by atoms with Gasteiger partial charge in [-0.15, -0.1) is 13.2 Å². The van der Waals surface area contributed by atoms with Crippen molar-refractivity contribution in [3.63, 3.8) is 0 Å². The molecule has 0 bridgehead atoms. The molecule has 2 N–H and O–H groups in total. The minimum atomic E-state index is 0. The molecule has 0 aromatic carbocycles. The summed E-state index contributed by atoms with van der Waals surface area (Å²) < 4.78 is 0. The third kappa shape index (κ3) is 76.0. The lowest BCUT2D eigenvalue weighted by Gasteiger charge is -2.24. The van der Waals surface area contributed by atoms with Gasteiger partial charge in [-0.25, -0.2) is 0 Å². The van der Waals surface area contributed by atoms with Crippen molar-refractivity contribution in [3.8, 4) is 6.07 Å². The molecule has 0 rings (SSSR count). The molecule has 4 atom stereocenters. The molecule has 3 heteroatoms. The highest BCUT2D eigenvalue weighted by atomic mass is 15.0. The quantitative estimate of drug-likeness (QED) is 0.0488. The molecule has 530 valence electrons. The summed E-state index contributed by atoms with van der Waals surface area (Å²) in [4.78, 5) is 2.28.